The van der Waals surface area contributed by atoms with Crippen molar-refractivity contribution in [1.82, 2.24) is 10.2 Å². The molecular formula is C28H30Cl2N2O2. The van der Waals surface area contributed by atoms with Crippen LogP contribution >= 0.6 is 23.2 Å². The number of carbonyl (C=O) groups is 2. The first-order valence-electron chi connectivity index (χ1n) is 11.4. The van der Waals surface area contributed by atoms with E-state index in [0.717, 1.165) is 16.7 Å². The zero-order chi connectivity index (χ0) is 24.7. The average Bonchev–Trinajstić information content (AvgIpc) is 2.82. The molecule has 2 amide bonds. The second-order valence-electron chi connectivity index (χ2n) is 8.67. The van der Waals surface area contributed by atoms with Crippen LogP contribution in [0.3, 0.4) is 0 Å². The quantitative estimate of drug-likeness (QED) is 0.369. The normalized spacial score (nSPS) is 12.0. The topological polar surface area (TPSA) is 49.4 Å². The summed E-state index contributed by atoms with van der Waals surface area (Å²) >= 11 is 12.5. The minimum Gasteiger partial charge on any atom is -0.352 e. The molecule has 0 aliphatic heterocycles. The standard InChI is InChI=1S/C28H30Cl2N2O2/c1-19(2)31-28(34)20(3)32(18-23-14-15-24(29)16-26(23)30)27(33)17-25(21-10-6-4-7-11-21)22-12-8-5-9-13-22/h4-16,19-20,25H,17-18H2,1-3H3,(H,31,34)/t20-/m0/s1. The Hall–Kier alpha value is -2.82. The van der Waals surface area contributed by atoms with Crippen molar-refractivity contribution >= 4 is 35.0 Å². The van der Waals surface area contributed by atoms with Crippen molar-refractivity contribution in [3.63, 3.8) is 0 Å². The zero-order valence-electron chi connectivity index (χ0n) is 19.7. The van der Waals surface area contributed by atoms with Crippen LogP contribution in [0, 0.1) is 0 Å². The van der Waals surface area contributed by atoms with Crippen molar-refractivity contribution in [1.29, 1.82) is 0 Å². The molecule has 0 fully saturated rings. The van der Waals surface area contributed by atoms with Crippen molar-refractivity contribution in [3.05, 3.63) is 106 Å². The fraction of sp³-hybridized carbons (Fsp3) is 0.286. The number of nitrogens with zero attached hydrogens (tertiary/aromatic N) is 1. The van der Waals surface area contributed by atoms with E-state index in [9.17, 15) is 9.59 Å². The molecule has 4 nitrogen and oxygen atoms in total. The lowest BCUT2D eigenvalue weighted by atomic mass is 9.88. The van der Waals surface area contributed by atoms with E-state index in [-0.39, 0.29) is 36.7 Å². The van der Waals surface area contributed by atoms with E-state index in [1.54, 1.807) is 30.0 Å². The second kappa shape index (κ2) is 12.0. The van der Waals surface area contributed by atoms with Gasteiger partial charge in [-0.15, -0.1) is 0 Å². The second-order valence-corrected chi connectivity index (χ2v) is 9.52. The summed E-state index contributed by atoms with van der Waals surface area (Å²) in [5.41, 5.74) is 2.83. The Morgan fingerprint density at radius 2 is 1.41 bits per heavy atom. The molecule has 0 heterocycles. The van der Waals surface area contributed by atoms with E-state index in [0.29, 0.717) is 10.0 Å². The first kappa shape index (κ1) is 25.8. The third-order valence-electron chi connectivity index (χ3n) is 5.74. The Morgan fingerprint density at radius 3 is 1.91 bits per heavy atom. The summed E-state index contributed by atoms with van der Waals surface area (Å²) in [6.45, 7) is 5.75. The molecule has 6 heteroatoms. The number of hydrogen-bond donors (Lipinski definition) is 1. The van der Waals surface area contributed by atoms with Gasteiger partial charge in [-0.3, -0.25) is 9.59 Å². The van der Waals surface area contributed by atoms with Crippen LogP contribution in [0.15, 0.2) is 78.9 Å². The monoisotopic (exact) mass is 496 g/mol. The Kier molecular flexibility index (Phi) is 9.14. The first-order valence-corrected chi connectivity index (χ1v) is 12.2. The molecule has 3 rings (SSSR count). The highest BCUT2D eigenvalue weighted by Gasteiger charge is 2.29. The van der Waals surface area contributed by atoms with Crippen molar-refractivity contribution in [2.45, 2.75) is 51.7 Å². The fourth-order valence-corrected chi connectivity index (χ4v) is 4.38. The van der Waals surface area contributed by atoms with Gasteiger partial charge in [0.15, 0.2) is 0 Å². The molecule has 0 spiro atoms. The van der Waals surface area contributed by atoms with E-state index < -0.39 is 6.04 Å². The molecule has 1 atom stereocenters. The van der Waals surface area contributed by atoms with Crippen molar-refractivity contribution < 1.29 is 9.59 Å². The molecule has 34 heavy (non-hydrogen) atoms. The Balaban J connectivity index is 1.94. The summed E-state index contributed by atoms with van der Waals surface area (Å²) in [6.07, 6.45) is 0.221. The summed E-state index contributed by atoms with van der Waals surface area (Å²) in [7, 11) is 0. The van der Waals surface area contributed by atoms with Gasteiger partial charge in [0.05, 0.1) is 0 Å². The van der Waals surface area contributed by atoms with Gasteiger partial charge in [0.2, 0.25) is 11.8 Å². The molecule has 0 aliphatic rings. The molecule has 0 saturated carbocycles. The highest BCUT2D eigenvalue weighted by molar-refractivity contribution is 6.35. The minimum absolute atomic E-state index is 0.0348. The molecule has 1 N–H and O–H groups in total. The summed E-state index contributed by atoms with van der Waals surface area (Å²) in [5, 5.41) is 3.90. The van der Waals surface area contributed by atoms with Crippen molar-refractivity contribution in [2.75, 3.05) is 0 Å². The highest BCUT2D eigenvalue weighted by atomic mass is 35.5. The predicted octanol–water partition coefficient (Wildman–Crippen LogP) is 6.46. The molecule has 0 aromatic heterocycles. The van der Waals surface area contributed by atoms with Gasteiger partial charge in [-0.2, -0.15) is 0 Å². The van der Waals surface area contributed by atoms with Crippen LogP contribution in [0.4, 0.5) is 0 Å². The number of nitrogens with one attached hydrogen (secondary N) is 1. The van der Waals surface area contributed by atoms with Crippen molar-refractivity contribution in [3.8, 4) is 0 Å². The zero-order valence-corrected chi connectivity index (χ0v) is 21.2. The Labute approximate surface area is 211 Å². The summed E-state index contributed by atoms with van der Waals surface area (Å²) in [6, 6.07) is 24.4. The third kappa shape index (κ3) is 6.85. The van der Waals surface area contributed by atoms with Crippen LogP contribution in [0.5, 0.6) is 0 Å². The minimum atomic E-state index is -0.672. The van der Waals surface area contributed by atoms with Gasteiger partial charge in [0, 0.05) is 35.0 Å². The number of rotatable bonds is 9. The molecule has 3 aromatic carbocycles. The van der Waals surface area contributed by atoms with Crippen LogP contribution in [0.25, 0.3) is 0 Å². The largest absolute Gasteiger partial charge is 0.352 e. The maximum Gasteiger partial charge on any atom is 0.242 e. The van der Waals surface area contributed by atoms with Crippen LogP contribution < -0.4 is 5.32 Å². The van der Waals surface area contributed by atoms with Gasteiger partial charge in [-0.1, -0.05) is 89.9 Å². The van der Waals surface area contributed by atoms with Gasteiger partial charge in [-0.05, 0) is 49.6 Å². The van der Waals surface area contributed by atoms with E-state index >= 15 is 0 Å². The molecule has 178 valence electrons. The van der Waals surface area contributed by atoms with E-state index in [4.69, 9.17) is 23.2 Å². The molecule has 0 aliphatic carbocycles. The SMILES string of the molecule is CC(C)NC(=O)[C@H](C)N(Cc1ccc(Cl)cc1Cl)C(=O)CC(c1ccccc1)c1ccccc1. The summed E-state index contributed by atoms with van der Waals surface area (Å²) < 4.78 is 0. The molecule has 0 bridgehead atoms. The lowest BCUT2D eigenvalue weighted by Crippen LogP contribution is -2.49. The highest BCUT2D eigenvalue weighted by Crippen LogP contribution is 2.30. The molecule has 3 aromatic rings. The number of carbonyl (C=O) groups excluding carboxylic acids is 2. The molecule has 0 radical (unpaired) electrons. The van der Waals surface area contributed by atoms with Gasteiger partial charge in [-0.25, -0.2) is 0 Å². The molecule has 0 saturated heterocycles. The number of hydrogen-bond acceptors (Lipinski definition) is 2. The smallest absolute Gasteiger partial charge is 0.242 e. The van der Waals surface area contributed by atoms with E-state index in [1.807, 2.05) is 74.5 Å². The number of halogens is 2. The van der Waals surface area contributed by atoms with Crippen LogP contribution in [-0.2, 0) is 16.1 Å². The van der Waals surface area contributed by atoms with Gasteiger partial charge < -0.3 is 10.2 Å². The van der Waals surface area contributed by atoms with Crippen LogP contribution in [-0.4, -0.2) is 28.8 Å². The maximum atomic E-state index is 13.8. The fourth-order valence-electron chi connectivity index (χ4n) is 3.91. The number of benzene rings is 3. The van der Waals surface area contributed by atoms with Gasteiger partial charge in [0.1, 0.15) is 6.04 Å². The number of amides is 2. The van der Waals surface area contributed by atoms with Crippen molar-refractivity contribution in [2.24, 2.45) is 0 Å². The lowest BCUT2D eigenvalue weighted by molar-refractivity contribution is -0.141. The van der Waals surface area contributed by atoms with Crippen LogP contribution in [0.2, 0.25) is 10.0 Å². The predicted molar refractivity (Wildman–Crippen MR) is 139 cm³/mol. The Morgan fingerprint density at radius 1 is 0.853 bits per heavy atom. The molecular weight excluding hydrogens is 467 g/mol. The van der Waals surface area contributed by atoms with E-state index in [2.05, 4.69) is 5.32 Å². The van der Waals surface area contributed by atoms with Gasteiger partial charge in [0.25, 0.3) is 0 Å². The average molecular weight is 497 g/mol. The van der Waals surface area contributed by atoms with E-state index in [1.165, 1.54) is 0 Å². The summed E-state index contributed by atoms with van der Waals surface area (Å²) in [5.74, 6) is -0.474. The summed E-state index contributed by atoms with van der Waals surface area (Å²) in [4.78, 5) is 28.3. The lowest BCUT2D eigenvalue weighted by Gasteiger charge is -2.31. The van der Waals surface area contributed by atoms with Crippen LogP contribution in [0.1, 0.15) is 49.8 Å². The first-order chi connectivity index (χ1) is 16.3. The van der Waals surface area contributed by atoms with Gasteiger partial charge >= 0.3 is 0 Å². The maximum absolute atomic E-state index is 13.8. The Bertz CT molecular complexity index is 1060. The molecule has 0 unspecified atom stereocenters. The third-order valence-corrected chi connectivity index (χ3v) is 6.32.